The van der Waals surface area contributed by atoms with E-state index in [0.29, 0.717) is 6.29 Å². The Morgan fingerprint density at radius 1 is 1.83 bits per heavy atom. The van der Waals surface area contributed by atoms with Gasteiger partial charge in [-0.2, -0.15) is 0 Å². The third kappa shape index (κ3) is 8.82. The second kappa shape index (κ2) is 9.09. The zero-order valence-electron chi connectivity index (χ0n) is 3.60. The van der Waals surface area contributed by atoms with Crippen molar-refractivity contribution in [3.05, 3.63) is 0 Å². The number of ether oxygens (including phenoxy) is 1. The summed E-state index contributed by atoms with van der Waals surface area (Å²) in [5.74, 6) is 0. The first-order chi connectivity index (χ1) is 2.41. The zero-order chi connectivity index (χ0) is 4.12. The minimum absolute atomic E-state index is 0. The van der Waals surface area contributed by atoms with Gasteiger partial charge in [0, 0.05) is 33.0 Å². The predicted octanol–water partition coefficient (Wildman–Crippen LogP) is -0.171. The van der Waals surface area contributed by atoms with Crippen molar-refractivity contribution in [3.8, 4) is 0 Å². The van der Waals surface area contributed by atoms with E-state index in [4.69, 9.17) is 0 Å². The van der Waals surface area contributed by atoms with E-state index in [-0.39, 0.29) is 32.5 Å². The van der Waals surface area contributed by atoms with Crippen LogP contribution in [-0.2, 0) is 35.4 Å². The molecule has 0 rings (SSSR count). The van der Waals surface area contributed by atoms with E-state index in [9.17, 15) is 4.79 Å². The van der Waals surface area contributed by atoms with Crippen LogP contribution in [0.3, 0.4) is 0 Å². The Hall–Kier alpha value is 0.500. The first kappa shape index (κ1) is 9.71. The van der Waals surface area contributed by atoms with Crippen LogP contribution in [-0.4, -0.2) is 20.0 Å². The van der Waals surface area contributed by atoms with Crippen LogP contribution < -0.4 is 0 Å². The molecule has 0 bridgehead atoms. The fraction of sp³-hybridized carbons (Fsp3) is 0.667. The van der Waals surface area contributed by atoms with Gasteiger partial charge in [0.1, 0.15) is 12.9 Å². The van der Waals surface area contributed by atoms with Crippen molar-refractivity contribution in [1.29, 1.82) is 0 Å². The summed E-state index contributed by atoms with van der Waals surface area (Å²) in [7, 11) is 1.48. The summed E-state index contributed by atoms with van der Waals surface area (Å²) in [5, 5.41) is 0. The molecule has 0 heterocycles. The minimum atomic E-state index is 0. The van der Waals surface area contributed by atoms with Crippen LogP contribution in [0.2, 0.25) is 0 Å². The average Bonchev–Trinajstić information content (AvgIpc) is 1.41. The van der Waals surface area contributed by atoms with Crippen LogP contribution in [0.15, 0.2) is 0 Å². The minimum Gasteiger partial charge on any atom is -0.377 e. The maximum atomic E-state index is 9.28. The molecule has 0 N–H and O–H groups in total. The maximum Gasteiger partial charge on any atom is 0.145 e. The van der Waals surface area contributed by atoms with E-state index in [1.807, 2.05) is 0 Å². The van der Waals surface area contributed by atoms with Crippen molar-refractivity contribution in [2.24, 2.45) is 0 Å². The van der Waals surface area contributed by atoms with Crippen LogP contribution in [0.4, 0.5) is 0 Å². The number of methoxy groups -OCH3 is 1. The first-order valence-electron chi connectivity index (χ1n) is 1.34. The molecule has 0 saturated heterocycles. The normalized spacial score (nSPS) is 6.17. The Balaban J connectivity index is 0. The van der Waals surface area contributed by atoms with Crippen molar-refractivity contribution in [1.82, 2.24) is 0 Å². The van der Waals surface area contributed by atoms with E-state index in [2.05, 4.69) is 4.74 Å². The second-order valence-electron chi connectivity index (χ2n) is 0.622. The van der Waals surface area contributed by atoms with Gasteiger partial charge in [0.25, 0.3) is 0 Å². The summed E-state index contributed by atoms with van der Waals surface area (Å²) in [5.41, 5.74) is 0. The maximum absolute atomic E-state index is 9.28. The van der Waals surface area contributed by atoms with Crippen molar-refractivity contribution >= 4 is 6.29 Å². The Bertz CT molecular complexity index is 30.0. The molecule has 0 aromatic rings. The average molecular weight is 253 g/mol. The number of carbonyl (C=O) groups excluding carboxylic acids is 1. The van der Waals surface area contributed by atoms with Gasteiger partial charge >= 0.3 is 0 Å². The van der Waals surface area contributed by atoms with Crippen molar-refractivity contribution < 1.29 is 35.4 Å². The summed E-state index contributed by atoms with van der Waals surface area (Å²) >= 11 is 0. The van der Waals surface area contributed by atoms with Crippen LogP contribution >= 0.6 is 0 Å². The molecule has 2 nitrogen and oxygen atoms in total. The zero-order valence-corrected chi connectivity index (χ0v) is 7.19. The fourth-order valence-corrected chi connectivity index (χ4v) is 0.0680. The molecule has 0 aromatic carbocycles. The molecule has 0 aliphatic rings. The Kier molecular flexibility index (Phi) is 14.7. The van der Waals surface area contributed by atoms with Gasteiger partial charge in [-0.05, 0) is 0 Å². The van der Waals surface area contributed by atoms with Gasteiger partial charge in [-0.3, -0.25) is 0 Å². The van der Waals surface area contributed by atoms with Gasteiger partial charge in [-0.25, -0.2) is 0 Å². The van der Waals surface area contributed by atoms with E-state index < -0.39 is 0 Å². The molecule has 34 valence electrons. The summed E-state index contributed by atoms with van der Waals surface area (Å²) in [6.45, 7) is 0.208. The molecule has 0 unspecified atom stereocenters. The number of aldehydes is 1. The molecule has 0 aliphatic heterocycles. The third-order valence-corrected chi connectivity index (χ3v) is 0.235. The molecular weight excluding hydrogens is 247 g/mol. The second-order valence-corrected chi connectivity index (χ2v) is 0.622. The topological polar surface area (TPSA) is 26.3 Å². The van der Waals surface area contributed by atoms with Crippen molar-refractivity contribution in [2.45, 2.75) is 0 Å². The standard InChI is InChI=1S/C3H6O2.Hf/c1-5-3-2-4;/h2H,3H2,1H3;. The summed E-state index contributed by atoms with van der Waals surface area (Å²) in [6, 6.07) is 0. The third-order valence-electron chi connectivity index (χ3n) is 0.235. The summed E-state index contributed by atoms with van der Waals surface area (Å²) < 4.78 is 4.32. The van der Waals surface area contributed by atoms with Gasteiger partial charge in [0.2, 0.25) is 0 Å². The van der Waals surface area contributed by atoms with E-state index in [1.54, 1.807) is 0 Å². The van der Waals surface area contributed by atoms with Gasteiger partial charge in [-0.1, -0.05) is 0 Å². The molecule has 0 radical (unpaired) electrons. The van der Waals surface area contributed by atoms with E-state index in [0.717, 1.165) is 0 Å². The molecule has 0 aliphatic carbocycles. The largest absolute Gasteiger partial charge is 0.377 e. The Morgan fingerprint density at radius 2 is 2.33 bits per heavy atom. The molecular formula is C3H6HfO2. The first-order valence-corrected chi connectivity index (χ1v) is 1.34. The van der Waals surface area contributed by atoms with Crippen LogP contribution in [0.5, 0.6) is 0 Å². The van der Waals surface area contributed by atoms with Gasteiger partial charge in [0.05, 0.1) is 0 Å². The quantitative estimate of drug-likeness (QED) is 0.504. The number of hydrogen-bond acceptors (Lipinski definition) is 2. The van der Waals surface area contributed by atoms with Gasteiger partial charge < -0.3 is 9.53 Å². The van der Waals surface area contributed by atoms with Crippen LogP contribution in [0.1, 0.15) is 0 Å². The van der Waals surface area contributed by atoms with Crippen LogP contribution in [0, 0.1) is 0 Å². The van der Waals surface area contributed by atoms with E-state index >= 15 is 0 Å². The molecule has 0 atom stereocenters. The monoisotopic (exact) mass is 254 g/mol. The van der Waals surface area contributed by atoms with Gasteiger partial charge in [-0.15, -0.1) is 0 Å². The Morgan fingerprint density at radius 3 is 2.33 bits per heavy atom. The molecule has 3 heteroatoms. The number of hydrogen-bond donors (Lipinski definition) is 0. The molecule has 6 heavy (non-hydrogen) atoms. The van der Waals surface area contributed by atoms with E-state index in [1.165, 1.54) is 7.11 Å². The number of rotatable bonds is 2. The Labute approximate surface area is 55.7 Å². The molecule has 0 amide bonds. The molecule has 0 fully saturated rings. The smallest absolute Gasteiger partial charge is 0.145 e. The molecule has 0 saturated carbocycles. The SMILES string of the molecule is COCC=O.[Hf]. The van der Waals surface area contributed by atoms with Crippen LogP contribution in [0.25, 0.3) is 0 Å². The summed E-state index contributed by atoms with van der Waals surface area (Å²) in [6.07, 6.45) is 0.708. The molecule has 0 aromatic heterocycles. The summed E-state index contributed by atoms with van der Waals surface area (Å²) in [4.78, 5) is 9.28. The predicted molar refractivity (Wildman–Crippen MR) is 17.9 cm³/mol. The van der Waals surface area contributed by atoms with Crippen molar-refractivity contribution in [2.75, 3.05) is 13.7 Å². The van der Waals surface area contributed by atoms with Gasteiger partial charge in [0.15, 0.2) is 0 Å². The fourth-order valence-electron chi connectivity index (χ4n) is 0.0680. The van der Waals surface area contributed by atoms with Crippen molar-refractivity contribution in [3.63, 3.8) is 0 Å². The number of carbonyl (C=O) groups is 1. The molecule has 0 spiro atoms.